The third kappa shape index (κ3) is 2.63. The number of benzodiazepines with no additional fused rings is 1. The summed E-state index contributed by atoms with van der Waals surface area (Å²) in [5, 5.41) is 2.70. The van der Waals surface area contributed by atoms with E-state index in [1.165, 1.54) is 0 Å². The van der Waals surface area contributed by atoms with Crippen molar-refractivity contribution in [3.05, 3.63) is 53.1 Å². The van der Waals surface area contributed by atoms with Gasteiger partial charge in [0.2, 0.25) is 5.91 Å². The first-order valence-electron chi connectivity index (χ1n) is 6.65. The molecule has 0 radical (unpaired) electrons. The smallest absolute Gasteiger partial charge is 0.246 e. The van der Waals surface area contributed by atoms with Gasteiger partial charge in [-0.3, -0.25) is 9.79 Å². The molecule has 1 aromatic rings. The lowest BCUT2D eigenvalue weighted by Crippen LogP contribution is -2.16. The van der Waals surface area contributed by atoms with Gasteiger partial charge in [-0.1, -0.05) is 24.1 Å². The number of carbonyl (C=O) groups is 1. The predicted molar refractivity (Wildman–Crippen MR) is 85.9 cm³/mol. The zero-order valence-corrected chi connectivity index (χ0v) is 12.0. The van der Waals surface area contributed by atoms with Gasteiger partial charge < -0.3 is 5.32 Å². The number of allylic oxidation sites excluding steroid dienone is 4. The van der Waals surface area contributed by atoms with Crippen molar-refractivity contribution in [3.8, 4) is 12.3 Å². The van der Waals surface area contributed by atoms with Crippen molar-refractivity contribution >= 4 is 28.9 Å². The molecular formula is C17H13ClN2O. The van der Waals surface area contributed by atoms with E-state index < -0.39 is 0 Å². The van der Waals surface area contributed by atoms with Gasteiger partial charge in [0.1, 0.15) is 6.54 Å². The molecule has 0 saturated heterocycles. The van der Waals surface area contributed by atoms with Crippen LogP contribution in [0.1, 0.15) is 17.5 Å². The maximum atomic E-state index is 11.8. The molecule has 3 nitrogen and oxygen atoms in total. The standard InChI is InChI=1S/C17H13ClN2O/c1-2-11-7-8-15-13(9-11)17(19-10-16(21)20-15)12-5-3-4-6-14(12)18/h1,3-5,7-9,14H,6,10H2,(H,20,21). The largest absolute Gasteiger partial charge is 0.324 e. The van der Waals surface area contributed by atoms with E-state index in [0.717, 1.165) is 34.5 Å². The number of halogens is 1. The minimum absolute atomic E-state index is 0.0834. The van der Waals surface area contributed by atoms with Gasteiger partial charge in [-0.25, -0.2) is 0 Å². The van der Waals surface area contributed by atoms with E-state index in [2.05, 4.69) is 16.2 Å². The van der Waals surface area contributed by atoms with E-state index >= 15 is 0 Å². The lowest BCUT2D eigenvalue weighted by atomic mass is 9.93. The summed E-state index contributed by atoms with van der Waals surface area (Å²) in [6.45, 7) is 0.0834. The highest BCUT2D eigenvalue weighted by molar-refractivity contribution is 6.30. The monoisotopic (exact) mass is 296 g/mol. The van der Waals surface area contributed by atoms with Crippen LogP contribution in [0.4, 0.5) is 5.69 Å². The Bertz CT molecular complexity index is 738. The SMILES string of the molecule is C#Cc1ccc2c(c1)C(C1=CC=CCC1Cl)=NCC(=O)N2. The summed E-state index contributed by atoms with van der Waals surface area (Å²) in [6.07, 6.45) is 12.1. The fourth-order valence-corrected chi connectivity index (χ4v) is 2.72. The van der Waals surface area contributed by atoms with E-state index in [1.807, 2.05) is 30.4 Å². The molecule has 1 unspecified atom stereocenters. The number of carbonyl (C=O) groups excluding carboxylic acids is 1. The number of nitrogens with one attached hydrogen (secondary N) is 1. The summed E-state index contributed by atoms with van der Waals surface area (Å²) >= 11 is 6.40. The number of aliphatic imine (C=N–C) groups is 1. The van der Waals surface area contributed by atoms with Crippen LogP contribution in [0.2, 0.25) is 0 Å². The first-order valence-corrected chi connectivity index (χ1v) is 7.09. The van der Waals surface area contributed by atoms with Gasteiger partial charge >= 0.3 is 0 Å². The van der Waals surface area contributed by atoms with Crippen molar-refractivity contribution in [1.29, 1.82) is 0 Å². The summed E-state index contributed by atoms with van der Waals surface area (Å²) < 4.78 is 0. The van der Waals surface area contributed by atoms with E-state index in [-0.39, 0.29) is 17.8 Å². The molecule has 21 heavy (non-hydrogen) atoms. The lowest BCUT2D eigenvalue weighted by Gasteiger charge is -2.18. The normalized spacial score (nSPS) is 20.6. The van der Waals surface area contributed by atoms with Gasteiger partial charge in [-0.15, -0.1) is 18.0 Å². The molecular weight excluding hydrogens is 284 g/mol. The van der Waals surface area contributed by atoms with Gasteiger partial charge in [0.05, 0.1) is 16.8 Å². The molecule has 1 amide bonds. The predicted octanol–water partition coefficient (Wildman–Crippen LogP) is 2.90. The van der Waals surface area contributed by atoms with E-state index in [4.69, 9.17) is 18.0 Å². The Labute approximate surface area is 128 Å². The third-order valence-corrected chi connectivity index (χ3v) is 3.88. The first kappa shape index (κ1) is 13.7. The highest BCUT2D eigenvalue weighted by Gasteiger charge is 2.24. The van der Waals surface area contributed by atoms with E-state index in [9.17, 15) is 4.79 Å². The van der Waals surface area contributed by atoms with Gasteiger partial charge in [0, 0.05) is 11.1 Å². The van der Waals surface area contributed by atoms with E-state index in [0.29, 0.717) is 0 Å². The number of benzene rings is 1. The molecule has 1 aliphatic carbocycles. The molecule has 0 saturated carbocycles. The van der Waals surface area contributed by atoms with Crippen molar-refractivity contribution in [2.75, 3.05) is 11.9 Å². The maximum absolute atomic E-state index is 11.8. The number of hydrogen-bond donors (Lipinski definition) is 1. The zero-order valence-electron chi connectivity index (χ0n) is 11.3. The molecule has 1 heterocycles. The molecule has 0 spiro atoms. The molecule has 3 rings (SSSR count). The van der Waals surface area contributed by atoms with Crippen LogP contribution in [0.3, 0.4) is 0 Å². The number of amides is 1. The summed E-state index contributed by atoms with van der Waals surface area (Å²) in [6, 6.07) is 5.48. The number of nitrogens with zero attached hydrogens (tertiary/aromatic N) is 1. The molecule has 1 N–H and O–H groups in total. The molecule has 0 fully saturated rings. The Balaban J connectivity index is 2.17. The fourth-order valence-electron chi connectivity index (χ4n) is 2.44. The van der Waals surface area contributed by atoms with E-state index in [1.54, 1.807) is 6.07 Å². The first-order chi connectivity index (χ1) is 10.2. The second-order valence-corrected chi connectivity index (χ2v) is 5.40. The fraction of sp³-hybridized carbons (Fsp3) is 0.176. The van der Waals surface area contributed by atoms with Gasteiger partial charge in [0.15, 0.2) is 0 Å². The van der Waals surface area contributed by atoms with Gasteiger partial charge in [0.25, 0.3) is 0 Å². The Hall–Kier alpha value is -2.31. The molecule has 1 atom stereocenters. The van der Waals surface area contributed by atoms with Crippen LogP contribution < -0.4 is 5.32 Å². The van der Waals surface area contributed by atoms with Crippen LogP contribution in [0, 0.1) is 12.3 Å². The number of fused-ring (bicyclic) bond motifs is 1. The van der Waals surface area contributed by atoms with Crippen molar-refractivity contribution in [2.24, 2.45) is 4.99 Å². The number of alkyl halides is 1. The second kappa shape index (κ2) is 5.59. The van der Waals surface area contributed by atoms with Gasteiger partial charge in [-0.2, -0.15) is 0 Å². The Morgan fingerprint density at radius 2 is 2.29 bits per heavy atom. The maximum Gasteiger partial charge on any atom is 0.246 e. The van der Waals surface area contributed by atoms with Crippen molar-refractivity contribution in [3.63, 3.8) is 0 Å². The summed E-state index contributed by atoms with van der Waals surface area (Å²) in [4.78, 5) is 16.2. The Morgan fingerprint density at radius 3 is 3.05 bits per heavy atom. The molecule has 2 aliphatic rings. The number of anilines is 1. The third-order valence-electron chi connectivity index (χ3n) is 3.46. The number of hydrogen-bond acceptors (Lipinski definition) is 2. The second-order valence-electron chi connectivity index (χ2n) is 4.87. The average Bonchev–Trinajstić information content (AvgIpc) is 2.65. The Morgan fingerprint density at radius 1 is 1.43 bits per heavy atom. The number of rotatable bonds is 1. The Kier molecular flexibility index (Phi) is 3.64. The zero-order chi connectivity index (χ0) is 14.8. The highest BCUT2D eigenvalue weighted by atomic mass is 35.5. The summed E-state index contributed by atoms with van der Waals surface area (Å²) in [5.41, 5.74) is 3.95. The quantitative estimate of drug-likeness (QED) is 0.628. The molecule has 1 aromatic carbocycles. The van der Waals surface area contributed by atoms with Crippen LogP contribution in [0.15, 0.2) is 47.0 Å². The van der Waals surface area contributed by atoms with Crippen molar-refractivity contribution < 1.29 is 4.79 Å². The van der Waals surface area contributed by atoms with Crippen LogP contribution in [0.5, 0.6) is 0 Å². The molecule has 4 heteroatoms. The van der Waals surface area contributed by atoms with Crippen LogP contribution in [-0.2, 0) is 4.79 Å². The number of terminal acetylenes is 1. The molecule has 1 aliphatic heterocycles. The van der Waals surface area contributed by atoms with Crippen molar-refractivity contribution in [2.45, 2.75) is 11.8 Å². The molecule has 0 bridgehead atoms. The lowest BCUT2D eigenvalue weighted by molar-refractivity contribution is -0.114. The van der Waals surface area contributed by atoms with Gasteiger partial charge in [-0.05, 0) is 30.2 Å². The highest BCUT2D eigenvalue weighted by Crippen LogP contribution is 2.29. The van der Waals surface area contributed by atoms with Crippen molar-refractivity contribution in [1.82, 2.24) is 0 Å². The minimum atomic E-state index is -0.149. The minimum Gasteiger partial charge on any atom is -0.324 e. The molecule has 0 aromatic heterocycles. The van der Waals surface area contributed by atoms with Crippen LogP contribution in [-0.4, -0.2) is 23.5 Å². The summed E-state index contributed by atoms with van der Waals surface area (Å²) in [7, 11) is 0. The summed E-state index contributed by atoms with van der Waals surface area (Å²) in [5.74, 6) is 2.47. The van der Waals surface area contributed by atoms with Crippen LogP contribution >= 0.6 is 11.6 Å². The topological polar surface area (TPSA) is 41.5 Å². The van der Waals surface area contributed by atoms with Crippen LogP contribution in [0.25, 0.3) is 0 Å². The molecule has 104 valence electrons. The average molecular weight is 297 g/mol.